The number of benzene rings is 9. The zero-order chi connectivity index (χ0) is 40.0. The van der Waals surface area contributed by atoms with Gasteiger partial charge in [-0.05, 0) is 99.9 Å². The van der Waals surface area contributed by atoms with Crippen molar-refractivity contribution in [2.75, 3.05) is 0 Å². The van der Waals surface area contributed by atoms with Crippen molar-refractivity contribution in [1.29, 1.82) is 0 Å². The average molecular weight is 796 g/mol. The fourth-order valence-electron chi connectivity index (χ4n) is 9.40. The fourth-order valence-corrected chi connectivity index (χ4v) is 10.6. The zero-order valence-electron chi connectivity index (χ0n) is 32.7. The molecule has 9 aromatic carbocycles. The number of rotatable bonds is 5. The van der Waals surface area contributed by atoms with Gasteiger partial charge in [-0.15, -0.1) is 11.3 Å². The molecule has 0 N–H and O–H groups in total. The number of thiophene rings is 1. The van der Waals surface area contributed by atoms with Crippen LogP contribution in [0.25, 0.3) is 115 Å². The average Bonchev–Trinajstić information content (AvgIpc) is 3.87. The lowest BCUT2D eigenvalue weighted by molar-refractivity contribution is 0.487. The van der Waals surface area contributed by atoms with E-state index in [4.69, 9.17) is 14.7 Å². The van der Waals surface area contributed by atoms with Crippen LogP contribution in [0.15, 0.2) is 200 Å². The summed E-state index contributed by atoms with van der Waals surface area (Å²) in [7, 11) is 0. The van der Waals surface area contributed by atoms with Crippen LogP contribution < -0.4 is 4.74 Å². The van der Waals surface area contributed by atoms with Gasteiger partial charge in [-0.25, -0.2) is 9.97 Å². The third kappa shape index (κ3) is 5.31. The standard InChI is InChI=1S/C56H33N3OS/c1-3-13-34(14-4-1)35-15-11-16-38(31-35)53-55-54(44-20-8-10-24-51(44)61-55)58-56(57-53)43-27-30-50-52-41(43)21-12-22-42(52)46-33-37(26-29-49(46)60-50)36-25-28-48-45(32-36)40-19-7-9-23-47(40)59(48)39-17-5-2-6-18-39/h1-33H. The van der Waals surface area contributed by atoms with Gasteiger partial charge in [0.15, 0.2) is 5.82 Å². The van der Waals surface area contributed by atoms with Crippen LogP contribution in [0.3, 0.4) is 0 Å². The van der Waals surface area contributed by atoms with E-state index in [1.54, 1.807) is 11.3 Å². The molecule has 3 aromatic heterocycles. The van der Waals surface area contributed by atoms with E-state index in [2.05, 4.69) is 205 Å². The monoisotopic (exact) mass is 795 g/mol. The van der Waals surface area contributed by atoms with E-state index in [-0.39, 0.29) is 0 Å². The molecule has 0 fully saturated rings. The molecule has 0 aliphatic carbocycles. The van der Waals surface area contributed by atoms with E-state index >= 15 is 0 Å². The van der Waals surface area contributed by atoms with Crippen LogP contribution in [0.4, 0.5) is 0 Å². The summed E-state index contributed by atoms with van der Waals surface area (Å²) in [5.41, 5.74) is 14.3. The second-order valence-electron chi connectivity index (χ2n) is 15.7. The smallest absolute Gasteiger partial charge is 0.161 e. The molecular formula is C56H33N3OS. The summed E-state index contributed by atoms with van der Waals surface area (Å²) in [6, 6.07) is 71.3. The molecule has 13 rings (SSSR count). The quantitative estimate of drug-likeness (QED) is 0.174. The van der Waals surface area contributed by atoms with E-state index in [0.29, 0.717) is 5.82 Å². The minimum Gasteiger partial charge on any atom is -0.456 e. The SMILES string of the molecule is c1ccc(-c2cccc(-c3nc(-c4ccc5c6c(cccc46)-c4cc(-c6ccc7c(c6)c6ccccc6n7-c6ccccc6)ccc4O5)nc4c3sc3ccccc34)c2)cc1. The van der Waals surface area contributed by atoms with E-state index in [0.717, 1.165) is 88.2 Å². The number of hydrogen-bond acceptors (Lipinski definition) is 4. The van der Waals surface area contributed by atoms with Crippen LogP contribution in [-0.2, 0) is 0 Å². The molecule has 0 spiro atoms. The van der Waals surface area contributed by atoms with Crippen molar-refractivity contribution in [3.8, 4) is 73.2 Å². The Kier molecular flexibility index (Phi) is 7.44. The first kappa shape index (κ1) is 34.0. The third-order valence-corrected chi connectivity index (χ3v) is 13.4. The van der Waals surface area contributed by atoms with Crippen molar-refractivity contribution >= 4 is 64.2 Å². The normalized spacial score (nSPS) is 12.1. The van der Waals surface area contributed by atoms with Crippen molar-refractivity contribution in [2.45, 2.75) is 0 Å². The van der Waals surface area contributed by atoms with E-state index in [9.17, 15) is 0 Å². The summed E-state index contributed by atoms with van der Waals surface area (Å²) in [5.74, 6) is 2.38. The Bertz CT molecular complexity index is 3740. The first-order valence-electron chi connectivity index (χ1n) is 20.6. The predicted molar refractivity (Wildman–Crippen MR) is 254 cm³/mol. The summed E-state index contributed by atoms with van der Waals surface area (Å²) in [4.78, 5) is 10.8. The maximum absolute atomic E-state index is 6.73. The number of hydrogen-bond donors (Lipinski definition) is 0. The number of ether oxygens (including phenoxy) is 1. The summed E-state index contributed by atoms with van der Waals surface area (Å²) in [5, 5.41) is 5.73. The number of fused-ring (bicyclic) bond motifs is 8. The van der Waals surface area contributed by atoms with Crippen molar-refractivity contribution < 1.29 is 4.74 Å². The second-order valence-corrected chi connectivity index (χ2v) is 16.7. The van der Waals surface area contributed by atoms with Gasteiger partial charge in [0.2, 0.25) is 0 Å². The zero-order valence-corrected chi connectivity index (χ0v) is 33.5. The van der Waals surface area contributed by atoms with Crippen molar-refractivity contribution in [2.24, 2.45) is 0 Å². The number of para-hydroxylation sites is 2. The minimum absolute atomic E-state index is 0.697. The molecular weight excluding hydrogens is 763 g/mol. The number of nitrogens with zero attached hydrogens (tertiary/aromatic N) is 3. The van der Waals surface area contributed by atoms with Crippen LogP contribution in [0.5, 0.6) is 11.5 Å². The molecule has 0 saturated carbocycles. The Morgan fingerprint density at radius 2 is 1.08 bits per heavy atom. The lowest BCUT2D eigenvalue weighted by atomic mass is 9.90. The molecule has 61 heavy (non-hydrogen) atoms. The summed E-state index contributed by atoms with van der Waals surface area (Å²) in [6.45, 7) is 0. The van der Waals surface area contributed by atoms with E-state index < -0.39 is 0 Å². The van der Waals surface area contributed by atoms with Crippen molar-refractivity contribution in [3.63, 3.8) is 0 Å². The minimum atomic E-state index is 0.697. The molecule has 5 heteroatoms. The van der Waals surface area contributed by atoms with Gasteiger partial charge in [0.25, 0.3) is 0 Å². The molecule has 0 atom stereocenters. The molecule has 0 radical (unpaired) electrons. The first-order chi connectivity index (χ1) is 30.2. The van der Waals surface area contributed by atoms with Gasteiger partial charge in [-0.3, -0.25) is 0 Å². The molecule has 1 aliphatic heterocycles. The van der Waals surface area contributed by atoms with Gasteiger partial charge < -0.3 is 9.30 Å². The Labute approximate surface area is 355 Å². The molecule has 1 aliphatic rings. The molecule has 0 amide bonds. The lowest BCUT2D eigenvalue weighted by Crippen LogP contribution is -2.00. The lowest BCUT2D eigenvalue weighted by Gasteiger charge is -2.23. The van der Waals surface area contributed by atoms with Crippen LogP contribution >= 0.6 is 11.3 Å². The molecule has 4 heterocycles. The van der Waals surface area contributed by atoms with Gasteiger partial charge in [0, 0.05) is 48.6 Å². The third-order valence-electron chi connectivity index (χ3n) is 12.2. The van der Waals surface area contributed by atoms with Crippen LogP contribution in [0, 0.1) is 0 Å². The van der Waals surface area contributed by atoms with Gasteiger partial charge in [0.05, 0.1) is 26.9 Å². The highest BCUT2D eigenvalue weighted by Gasteiger charge is 2.25. The van der Waals surface area contributed by atoms with Crippen molar-refractivity contribution in [3.05, 3.63) is 200 Å². The maximum atomic E-state index is 6.73. The summed E-state index contributed by atoms with van der Waals surface area (Å²) < 4.78 is 11.4. The van der Waals surface area contributed by atoms with E-state index in [1.807, 2.05) is 0 Å². The van der Waals surface area contributed by atoms with Gasteiger partial charge in [0.1, 0.15) is 11.5 Å². The van der Waals surface area contributed by atoms with E-state index in [1.165, 1.54) is 32.1 Å². The highest BCUT2D eigenvalue weighted by atomic mass is 32.1. The topological polar surface area (TPSA) is 39.9 Å². The van der Waals surface area contributed by atoms with Crippen LogP contribution in [0.1, 0.15) is 0 Å². The molecule has 0 saturated heterocycles. The first-order valence-corrected chi connectivity index (χ1v) is 21.4. The Balaban J connectivity index is 0.966. The van der Waals surface area contributed by atoms with Gasteiger partial charge in [-0.1, -0.05) is 133 Å². The van der Waals surface area contributed by atoms with Gasteiger partial charge in [-0.2, -0.15) is 0 Å². The predicted octanol–water partition coefficient (Wildman–Crippen LogP) is 15.5. The fraction of sp³-hybridized carbons (Fsp3) is 0. The molecule has 284 valence electrons. The molecule has 12 aromatic rings. The maximum Gasteiger partial charge on any atom is 0.161 e. The Morgan fingerprint density at radius 3 is 1.98 bits per heavy atom. The van der Waals surface area contributed by atoms with Crippen molar-refractivity contribution in [1.82, 2.24) is 14.5 Å². The van der Waals surface area contributed by atoms with Gasteiger partial charge >= 0.3 is 0 Å². The highest BCUT2D eigenvalue weighted by Crippen LogP contribution is 2.50. The molecule has 4 nitrogen and oxygen atoms in total. The Morgan fingerprint density at radius 1 is 0.410 bits per heavy atom. The summed E-state index contributed by atoms with van der Waals surface area (Å²) >= 11 is 1.76. The second kappa shape index (κ2) is 13.3. The Hall–Kier alpha value is -7.86. The van der Waals surface area contributed by atoms with Crippen LogP contribution in [-0.4, -0.2) is 14.5 Å². The number of aromatic nitrogens is 3. The molecule has 0 unspecified atom stereocenters. The summed E-state index contributed by atoms with van der Waals surface area (Å²) in [6.07, 6.45) is 0. The molecule has 0 bridgehead atoms. The largest absolute Gasteiger partial charge is 0.456 e. The van der Waals surface area contributed by atoms with Crippen LogP contribution in [0.2, 0.25) is 0 Å². The highest BCUT2D eigenvalue weighted by molar-refractivity contribution is 7.26.